The molecule has 0 aliphatic rings. The molecule has 0 N–H and O–H groups in total. The Hall–Kier alpha value is -2.70. The Bertz CT molecular complexity index is 934. The summed E-state index contributed by atoms with van der Waals surface area (Å²) < 4.78 is 42.0. The third-order valence-electron chi connectivity index (χ3n) is 3.79. The summed E-state index contributed by atoms with van der Waals surface area (Å²) in [5.41, 5.74) is 1.22. The number of hydrogen-bond donors (Lipinski definition) is 0. The molecule has 0 radical (unpaired) electrons. The maximum Gasteiger partial charge on any atom is 0.195 e. The van der Waals surface area contributed by atoms with Crippen LogP contribution in [0.2, 0.25) is 0 Å². The van der Waals surface area contributed by atoms with E-state index >= 15 is 0 Å². The number of halogens is 3. The van der Waals surface area contributed by atoms with Crippen LogP contribution in [0.4, 0.5) is 13.2 Å². The summed E-state index contributed by atoms with van der Waals surface area (Å²) in [5.74, 6) is -4.22. The highest BCUT2D eigenvalue weighted by molar-refractivity contribution is 5.84. The van der Waals surface area contributed by atoms with Gasteiger partial charge in [0.05, 0.1) is 11.7 Å². The molecule has 4 nitrogen and oxygen atoms in total. The molecule has 24 heavy (non-hydrogen) atoms. The first-order valence-electron chi connectivity index (χ1n) is 7.36. The second-order valence-electron chi connectivity index (χ2n) is 5.77. The highest BCUT2D eigenvalue weighted by Crippen LogP contribution is 2.27. The van der Waals surface area contributed by atoms with E-state index in [0.29, 0.717) is 11.0 Å². The molecule has 3 aromatic rings. The largest absolute Gasteiger partial charge is 0.297 e. The molecular weight excluding hydrogens is 319 g/mol. The Balaban J connectivity index is 2.08. The lowest BCUT2D eigenvalue weighted by Gasteiger charge is -2.08. The van der Waals surface area contributed by atoms with Gasteiger partial charge in [-0.3, -0.25) is 14.5 Å². The molecule has 2 heterocycles. The van der Waals surface area contributed by atoms with Gasteiger partial charge in [-0.15, -0.1) is 0 Å². The smallest absolute Gasteiger partial charge is 0.195 e. The van der Waals surface area contributed by atoms with Crippen molar-refractivity contribution in [3.05, 3.63) is 48.0 Å². The number of carbonyl (C=O) groups is 1. The highest BCUT2D eigenvalue weighted by atomic mass is 19.2. The monoisotopic (exact) mass is 333 g/mol. The molecule has 0 saturated heterocycles. The molecule has 124 valence electrons. The van der Waals surface area contributed by atoms with Crippen molar-refractivity contribution in [2.45, 2.75) is 20.4 Å². The minimum Gasteiger partial charge on any atom is -0.297 e. The third-order valence-corrected chi connectivity index (χ3v) is 3.79. The second kappa shape index (κ2) is 6.07. The summed E-state index contributed by atoms with van der Waals surface area (Å²) in [6.07, 6.45) is 2.85. The van der Waals surface area contributed by atoms with Crippen LogP contribution in [0.5, 0.6) is 0 Å². The van der Waals surface area contributed by atoms with E-state index in [1.165, 1.54) is 17.1 Å². The number of hydrogen-bond acceptors (Lipinski definition) is 3. The molecule has 0 unspecified atom stereocenters. The van der Waals surface area contributed by atoms with Gasteiger partial charge >= 0.3 is 0 Å². The Labute approximate surface area is 135 Å². The van der Waals surface area contributed by atoms with Crippen LogP contribution in [0.1, 0.15) is 13.8 Å². The summed E-state index contributed by atoms with van der Waals surface area (Å²) in [5, 5.41) is 4.11. The number of aromatic nitrogens is 3. The van der Waals surface area contributed by atoms with E-state index in [4.69, 9.17) is 0 Å². The van der Waals surface area contributed by atoms with Crippen LogP contribution in [0, 0.1) is 23.4 Å². The maximum absolute atomic E-state index is 14.0. The molecular formula is C17H14F3N3O. The van der Waals surface area contributed by atoms with Gasteiger partial charge in [0, 0.05) is 23.2 Å². The zero-order valence-electron chi connectivity index (χ0n) is 13.1. The fourth-order valence-electron chi connectivity index (χ4n) is 2.31. The van der Waals surface area contributed by atoms with Crippen LogP contribution in [-0.2, 0) is 11.3 Å². The van der Waals surface area contributed by atoms with Crippen LogP contribution in [-0.4, -0.2) is 20.5 Å². The Kier molecular flexibility index (Phi) is 4.09. The van der Waals surface area contributed by atoms with E-state index in [1.54, 1.807) is 19.9 Å². The normalized spacial score (nSPS) is 11.4. The first-order chi connectivity index (χ1) is 11.4. The molecule has 0 bridgehead atoms. The summed E-state index contributed by atoms with van der Waals surface area (Å²) in [4.78, 5) is 16.1. The standard InChI is InChI=1S/C17H14F3N3O/c1-9(2)15(24)8-23-14-5-10(6-21-13(14)7-22-23)11-3-4-12(18)17(20)16(11)19/h3-7,9H,8H2,1-2H3. The molecule has 0 aliphatic heterocycles. The molecule has 7 heteroatoms. The average Bonchev–Trinajstić information content (AvgIpc) is 2.95. The number of Topliss-reactive ketones (excluding diaryl/α,β-unsaturated/α-hetero) is 1. The minimum absolute atomic E-state index is 0.00981. The Morgan fingerprint density at radius 3 is 2.62 bits per heavy atom. The van der Waals surface area contributed by atoms with Crippen molar-refractivity contribution < 1.29 is 18.0 Å². The van der Waals surface area contributed by atoms with Crippen LogP contribution < -0.4 is 0 Å². The topological polar surface area (TPSA) is 47.8 Å². The van der Waals surface area contributed by atoms with Crippen LogP contribution in [0.15, 0.2) is 30.6 Å². The van der Waals surface area contributed by atoms with Crippen LogP contribution in [0.3, 0.4) is 0 Å². The number of rotatable bonds is 4. The molecule has 0 atom stereocenters. The van der Waals surface area contributed by atoms with Gasteiger partial charge in [-0.05, 0) is 18.2 Å². The lowest BCUT2D eigenvalue weighted by molar-refractivity contribution is -0.122. The second-order valence-corrected chi connectivity index (χ2v) is 5.77. The van der Waals surface area contributed by atoms with E-state index < -0.39 is 17.5 Å². The molecule has 0 fully saturated rings. The minimum atomic E-state index is -1.53. The number of benzene rings is 1. The van der Waals surface area contributed by atoms with E-state index in [1.807, 2.05) is 0 Å². The van der Waals surface area contributed by atoms with Crippen molar-refractivity contribution in [3.8, 4) is 11.1 Å². The van der Waals surface area contributed by atoms with Crippen molar-refractivity contribution in [3.63, 3.8) is 0 Å². The number of ketones is 1. The number of nitrogens with zero attached hydrogens (tertiary/aromatic N) is 3. The highest BCUT2D eigenvalue weighted by Gasteiger charge is 2.17. The molecule has 3 rings (SSSR count). The summed E-state index contributed by atoms with van der Waals surface area (Å²) in [6, 6.07) is 3.56. The number of pyridine rings is 1. The van der Waals surface area contributed by atoms with Crippen molar-refractivity contribution >= 4 is 16.8 Å². The van der Waals surface area contributed by atoms with Crippen molar-refractivity contribution in [2.75, 3.05) is 0 Å². The molecule has 1 aromatic carbocycles. The average molecular weight is 333 g/mol. The van der Waals surface area contributed by atoms with Gasteiger partial charge in [-0.2, -0.15) is 5.10 Å². The maximum atomic E-state index is 14.0. The van der Waals surface area contributed by atoms with E-state index in [0.717, 1.165) is 12.1 Å². The van der Waals surface area contributed by atoms with Crippen molar-refractivity contribution in [1.29, 1.82) is 0 Å². The summed E-state index contributed by atoms with van der Waals surface area (Å²) >= 11 is 0. The van der Waals surface area contributed by atoms with E-state index in [9.17, 15) is 18.0 Å². The van der Waals surface area contributed by atoms with Gasteiger partial charge in [0.2, 0.25) is 0 Å². The number of fused-ring (bicyclic) bond motifs is 1. The molecule has 0 aliphatic carbocycles. The first-order valence-corrected chi connectivity index (χ1v) is 7.36. The lowest BCUT2D eigenvalue weighted by atomic mass is 10.1. The lowest BCUT2D eigenvalue weighted by Crippen LogP contribution is -2.16. The van der Waals surface area contributed by atoms with Crippen LogP contribution in [0.25, 0.3) is 22.2 Å². The quantitative estimate of drug-likeness (QED) is 0.683. The molecule has 0 spiro atoms. The van der Waals surface area contributed by atoms with Gasteiger partial charge in [0.1, 0.15) is 12.1 Å². The number of carbonyl (C=O) groups excluding carboxylic acids is 1. The predicted octanol–water partition coefficient (Wildman–Crippen LogP) is 3.74. The molecule has 2 aromatic heterocycles. The SMILES string of the molecule is CC(C)C(=O)Cn1ncc2ncc(-c3ccc(F)c(F)c3F)cc21. The summed E-state index contributed by atoms with van der Waals surface area (Å²) in [7, 11) is 0. The van der Waals surface area contributed by atoms with E-state index in [-0.39, 0.29) is 29.4 Å². The Morgan fingerprint density at radius 1 is 1.17 bits per heavy atom. The van der Waals surface area contributed by atoms with E-state index in [2.05, 4.69) is 10.1 Å². The van der Waals surface area contributed by atoms with Gasteiger partial charge in [0.25, 0.3) is 0 Å². The fourth-order valence-corrected chi connectivity index (χ4v) is 2.31. The summed E-state index contributed by atoms with van der Waals surface area (Å²) in [6.45, 7) is 3.63. The van der Waals surface area contributed by atoms with Crippen molar-refractivity contribution in [2.24, 2.45) is 5.92 Å². The third kappa shape index (κ3) is 2.77. The van der Waals surface area contributed by atoms with Gasteiger partial charge in [-0.25, -0.2) is 13.2 Å². The zero-order chi connectivity index (χ0) is 17.4. The predicted molar refractivity (Wildman–Crippen MR) is 82.7 cm³/mol. The van der Waals surface area contributed by atoms with Gasteiger partial charge < -0.3 is 0 Å². The molecule has 0 amide bonds. The van der Waals surface area contributed by atoms with Gasteiger partial charge in [0.15, 0.2) is 23.2 Å². The van der Waals surface area contributed by atoms with Crippen LogP contribution >= 0.6 is 0 Å². The fraction of sp³-hybridized carbons (Fsp3) is 0.235. The van der Waals surface area contributed by atoms with Crippen molar-refractivity contribution in [1.82, 2.24) is 14.8 Å². The zero-order valence-corrected chi connectivity index (χ0v) is 13.1. The molecule has 0 saturated carbocycles. The van der Waals surface area contributed by atoms with Gasteiger partial charge in [-0.1, -0.05) is 13.8 Å². The first kappa shape index (κ1) is 16.2. The Morgan fingerprint density at radius 2 is 1.92 bits per heavy atom.